The van der Waals surface area contributed by atoms with E-state index >= 15 is 0 Å². The van der Waals surface area contributed by atoms with E-state index in [1.54, 1.807) is 12.3 Å². The van der Waals surface area contributed by atoms with E-state index in [2.05, 4.69) is 25.9 Å². The monoisotopic (exact) mass is 988 g/mol. The Morgan fingerprint density at radius 2 is 1.39 bits per heavy atom. The van der Waals surface area contributed by atoms with Gasteiger partial charge in [0.05, 0.1) is 5.69 Å². The van der Waals surface area contributed by atoms with Crippen molar-refractivity contribution in [1.82, 2.24) is 29.8 Å². The number of hydrogen-bond acceptors (Lipinski definition) is 15. The highest BCUT2D eigenvalue weighted by Crippen LogP contribution is 2.44. The Labute approximate surface area is 411 Å². The van der Waals surface area contributed by atoms with Crippen LogP contribution in [0.15, 0.2) is 189 Å². The van der Waals surface area contributed by atoms with E-state index in [9.17, 15) is 24.1 Å². The number of rotatable bonds is 16. The molecule has 2 N–H and O–H groups in total. The number of aromatic nitrogens is 4. The molecule has 2 amide bonds. The smallest absolute Gasteiger partial charge is 0.356 e. The number of amides is 2. The minimum Gasteiger partial charge on any atom is -0.448 e. The van der Waals surface area contributed by atoms with E-state index < -0.39 is 46.9 Å². The first-order valence-electron chi connectivity index (χ1n) is 21.7. The second kappa shape index (κ2) is 19.8. The van der Waals surface area contributed by atoms with Gasteiger partial charge in [0.2, 0.25) is 11.0 Å². The number of thioether (sulfide) groups is 2. The fourth-order valence-corrected chi connectivity index (χ4v) is 12.8. The average molecular weight is 989 g/mol. The van der Waals surface area contributed by atoms with Crippen molar-refractivity contribution in [2.75, 3.05) is 16.8 Å². The summed E-state index contributed by atoms with van der Waals surface area (Å²) in [6, 6.07) is 47.2. The Bertz CT molecular complexity index is 3130. The topological polar surface area (TPSA) is 177 Å². The van der Waals surface area contributed by atoms with Gasteiger partial charge in [-0.2, -0.15) is 4.52 Å². The minimum absolute atomic E-state index is 0.0601. The summed E-state index contributed by atoms with van der Waals surface area (Å²) in [4.78, 5) is 79.3. The molecule has 344 valence electrons. The molecule has 0 saturated carbocycles. The van der Waals surface area contributed by atoms with E-state index in [0.717, 1.165) is 27.8 Å². The summed E-state index contributed by atoms with van der Waals surface area (Å²) < 4.78 is 8.12. The van der Waals surface area contributed by atoms with Crippen LogP contribution in [0.4, 0.5) is 5.13 Å². The zero-order valence-electron chi connectivity index (χ0n) is 36.6. The molecule has 0 radical (unpaired) electrons. The number of nitrogens with zero attached hydrogens (tertiary/aromatic N) is 6. The molecule has 8 aromatic rings. The first-order chi connectivity index (χ1) is 33.7. The number of nitroso groups, excluding NO2 is 1. The molecule has 3 aromatic heterocycles. The number of esters is 1. The number of anilines is 1. The van der Waals surface area contributed by atoms with Crippen molar-refractivity contribution in [2.24, 2.45) is 5.18 Å². The summed E-state index contributed by atoms with van der Waals surface area (Å²) in [5.41, 5.74) is 4.41. The Morgan fingerprint density at radius 1 is 0.826 bits per heavy atom. The highest BCUT2D eigenvalue weighted by Gasteiger charge is 2.55. The van der Waals surface area contributed by atoms with Gasteiger partial charge in [0.1, 0.15) is 22.7 Å². The molecule has 0 aliphatic carbocycles. The minimum atomic E-state index is -1.59. The fourth-order valence-electron chi connectivity index (χ4n) is 8.52. The molecule has 18 heteroatoms. The number of hydrogen-bond donors (Lipinski definition) is 2. The van der Waals surface area contributed by atoms with Gasteiger partial charge in [-0.3, -0.25) is 19.3 Å². The fraction of sp³-hybridized carbons (Fsp3) is 0.157. The van der Waals surface area contributed by atoms with Crippen LogP contribution in [0.5, 0.6) is 0 Å². The molecule has 5 heterocycles. The van der Waals surface area contributed by atoms with Crippen molar-refractivity contribution in [3.05, 3.63) is 229 Å². The molecule has 0 spiro atoms. The lowest BCUT2D eigenvalue weighted by molar-refractivity contribution is -0.154. The molecule has 1 unspecified atom stereocenters. The van der Waals surface area contributed by atoms with Crippen molar-refractivity contribution in [3.63, 3.8) is 0 Å². The van der Waals surface area contributed by atoms with Gasteiger partial charge in [-0.05, 0) is 45.5 Å². The van der Waals surface area contributed by atoms with Crippen molar-refractivity contribution >= 4 is 74.1 Å². The maximum Gasteiger partial charge on any atom is 0.356 e. The predicted molar refractivity (Wildman–Crippen MR) is 269 cm³/mol. The van der Waals surface area contributed by atoms with Gasteiger partial charge < -0.3 is 15.4 Å². The number of thiazole rings is 1. The maximum absolute atomic E-state index is 14.7. The van der Waals surface area contributed by atoms with E-state index in [4.69, 9.17) is 9.72 Å². The lowest BCUT2D eigenvalue weighted by Gasteiger charge is -2.50. The number of benzene rings is 5. The Balaban J connectivity index is 0.917. The van der Waals surface area contributed by atoms with E-state index in [1.807, 2.05) is 152 Å². The Kier molecular flexibility index (Phi) is 13.0. The van der Waals surface area contributed by atoms with Gasteiger partial charge in [0, 0.05) is 28.6 Å². The lowest BCUT2D eigenvalue weighted by atomic mass is 9.77. The molecule has 1 fully saturated rings. The standard InChI is InChI=1S/C51H40N8O6S4/c1-31-27-39(60)59-49(52-31)69-50(56-59)68-29-34-28-66-46-41(45(62)58(46)42(34)47(63)65-43(32-17-7-2-8-18-32)33-19-9-3-10-20-33)54-44(61)40(57-64)38-30-67-48(53-38)55-51(35-21-11-4-12-22-35,36-23-13-5-14-24-36)37-25-15-6-16-26-37/h2-27,30,40-41,43,46H,28-29H2,1H3,(H,53,55)(H,54,61)/t40?,41-,46-/m1/s1. The number of β-lactam (4-membered cyclic amide) rings is 1. The first kappa shape index (κ1) is 45.5. The third-order valence-electron chi connectivity index (χ3n) is 11.8. The molecule has 0 bridgehead atoms. The van der Waals surface area contributed by atoms with E-state index in [1.165, 1.54) is 61.7 Å². The molecule has 10 rings (SSSR count). The second-order valence-corrected chi connectivity index (χ2v) is 20.2. The van der Waals surface area contributed by atoms with Crippen molar-refractivity contribution in [3.8, 4) is 0 Å². The number of fused-ring (bicyclic) bond motifs is 2. The summed E-state index contributed by atoms with van der Waals surface area (Å²) in [6.07, 6.45) is -0.804. The quantitative estimate of drug-likeness (QED) is 0.0310. The van der Waals surface area contributed by atoms with Crippen LogP contribution in [0.2, 0.25) is 0 Å². The average Bonchev–Trinajstić information content (AvgIpc) is 4.04. The van der Waals surface area contributed by atoms with Gasteiger partial charge in [-0.25, -0.2) is 14.8 Å². The summed E-state index contributed by atoms with van der Waals surface area (Å²) in [5, 5.41) is 15.5. The zero-order valence-corrected chi connectivity index (χ0v) is 39.8. The molecule has 1 saturated heterocycles. The summed E-state index contributed by atoms with van der Waals surface area (Å²) >= 11 is 5.14. The summed E-state index contributed by atoms with van der Waals surface area (Å²) in [7, 11) is 0. The van der Waals surface area contributed by atoms with Crippen molar-refractivity contribution in [1.29, 1.82) is 0 Å². The van der Waals surface area contributed by atoms with Gasteiger partial charge in [0.25, 0.3) is 17.4 Å². The zero-order chi connectivity index (χ0) is 47.5. The third-order valence-corrected chi connectivity index (χ3v) is 16.0. The molecule has 69 heavy (non-hydrogen) atoms. The largest absolute Gasteiger partial charge is 0.448 e. The molecule has 3 atom stereocenters. The Morgan fingerprint density at radius 3 is 1.96 bits per heavy atom. The molecular formula is C51H40N8O6S4. The number of carbonyl (C=O) groups is 3. The van der Waals surface area contributed by atoms with Crippen LogP contribution in [0.25, 0.3) is 4.96 Å². The highest BCUT2D eigenvalue weighted by atomic mass is 32.2. The second-order valence-electron chi connectivity index (χ2n) is 16.1. The Hall–Kier alpha value is -7.25. The normalized spacial score (nSPS) is 16.1. The van der Waals surface area contributed by atoms with Crippen LogP contribution < -0.4 is 16.2 Å². The van der Waals surface area contributed by atoms with Gasteiger partial charge in [-0.15, -0.1) is 33.1 Å². The number of aryl methyl sites for hydroxylation is 1. The van der Waals surface area contributed by atoms with Gasteiger partial charge in [-0.1, -0.05) is 175 Å². The maximum atomic E-state index is 14.7. The van der Waals surface area contributed by atoms with Crippen LogP contribution in [0, 0.1) is 11.8 Å². The number of carbonyl (C=O) groups excluding carboxylic acids is 3. The van der Waals surface area contributed by atoms with Crippen LogP contribution in [0.3, 0.4) is 0 Å². The SMILES string of the molecule is Cc1cc(=O)n2nc(SCC3=C(C(=O)OC(c4ccccc4)c4ccccc4)N4C(=O)[C@@H](NC(=O)C(N=O)c5csc(NC(c6ccccc6)(c6ccccc6)c6ccccc6)n5)[C@H]4SC3)sc2n1. The molecule has 14 nitrogen and oxygen atoms in total. The lowest BCUT2D eigenvalue weighted by Crippen LogP contribution is -2.71. The summed E-state index contributed by atoms with van der Waals surface area (Å²) in [6.45, 7) is 1.74. The summed E-state index contributed by atoms with van der Waals surface area (Å²) in [5.74, 6) is -1.56. The van der Waals surface area contributed by atoms with Gasteiger partial charge in [0.15, 0.2) is 15.6 Å². The first-order valence-corrected chi connectivity index (χ1v) is 25.5. The van der Waals surface area contributed by atoms with Crippen molar-refractivity contribution < 1.29 is 19.1 Å². The molecule has 2 aliphatic rings. The van der Waals surface area contributed by atoms with E-state index in [0.29, 0.717) is 31.5 Å². The molecule has 2 aliphatic heterocycles. The highest BCUT2D eigenvalue weighted by molar-refractivity contribution is 8.02. The predicted octanol–water partition coefficient (Wildman–Crippen LogP) is 8.91. The van der Waals surface area contributed by atoms with Crippen LogP contribution in [-0.2, 0) is 24.7 Å². The van der Waals surface area contributed by atoms with Crippen LogP contribution in [-0.4, -0.2) is 65.2 Å². The third kappa shape index (κ3) is 8.99. The molecule has 5 aromatic carbocycles. The van der Waals surface area contributed by atoms with Crippen LogP contribution >= 0.6 is 46.2 Å². The van der Waals surface area contributed by atoms with Crippen LogP contribution in [0.1, 0.15) is 51.4 Å². The number of nitrogens with one attached hydrogen (secondary N) is 2. The van der Waals surface area contributed by atoms with Gasteiger partial charge >= 0.3 is 5.97 Å². The number of ether oxygens (including phenoxy) is 1. The van der Waals surface area contributed by atoms with E-state index in [-0.39, 0.29) is 22.7 Å². The molecular weight excluding hydrogens is 949 g/mol. The van der Waals surface area contributed by atoms with Crippen molar-refractivity contribution in [2.45, 2.75) is 40.4 Å².